The van der Waals surface area contributed by atoms with Crippen molar-refractivity contribution in [3.63, 3.8) is 0 Å². The van der Waals surface area contributed by atoms with Crippen LogP contribution in [-0.2, 0) is 0 Å². The fourth-order valence-corrected chi connectivity index (χ4v) is 1.58. The summed E-state index contributed by atoms with van der Waals surface area (Å²) < 4.78 is 0. The van der Waals surface area contributed by atoms with Gasteiger partial charge in [-0.3, -0.25) is 4.79 Å². The number of carboxylic acid groups (broad SMARTS) is 1. The van der Waals surface area contributed by atoms with Crippen LogP contribution in [-0.4, -0.2) is 39.5 Å². The van der Waals surface area contributed by atoms with E-state index in [1.807, 2.05) is 19.9 Å². The Kier molecular flexibility index (Phi) is 5.01. The molecule has 0 atom stereocenters. The number of carbonyl (C=O) groups is 2. The van der Waals surface area contributed by atoms with E-state index >= 15 is 0 Å². The highest BCUT2D eigenvalue weighted by Crippen LogP contribution is 2.08. The lowest BCUT2D eigenvalue weighted by Crippen LogP contribution is -2.38. The molecule has 19 heavy (non-hydrogen) atoms. The Balaban J connectivity index is 2.99. The van der Waals surface area contributed by atoms with Gasteiger partial charge in [-0.1, -0.05) is 6.07 Å². The van der Waals surface area contributed by atoms with Crippen molar-refractivity contribution in [2.24, 2.45) is 0 Å². The zero-order chi connectivity index (χ0) is 14.4. The standard InChI is InChI=1S/C13H15N3O3/c1-9(2)16(8-4-7-14)12(17)10-5-3-6-11(15-10)13(18)19/h3,5-6,9H,4,8H2,1-2H3,(H,18,19). The molecule has 0 saturated carbocycles. The summed E-state index contributed by atoms with van der Waals surface area (Å²) >= 11 is 0. The smallest absolute Gasteiger partial charge is 0.354 e. The zero-order valence-corrected chi connectivity index (χ0v) is 10.8. The molecule has 1 rings (SSSR count). The molecule has 0 fully saturated rings. The number of hydrogen-bond donors (Lipinski definition) is 1. The maximum Gasteiger partial charge on any atom is 0.354 e. The van der Waals surface area contributed by atoms with Crippen molar-refractivity contribution in [2.45, 2.75) is 26.3 Å². The van der Waals surface area contributed by atoms with E-state index in [1.165, 1.54) is 23.1 Å². The molecule has 0 spiro atoms. The minimum atomic E-state index is -1.18. The van der Waals surface area contributed by atoms with E-state index in [4.69, 9.17) is 10.4 Å². The first-order chi connectivity index (χ1) is 8.97. The summed E-state index contributed by atoms with van der Waals surface area (Å²) in [5.41, 5.74) is -0.0959. The van der Waals surface area contributed by atoms with Gasteiger partial charge in [0.25, 0.3) is 5.91 Å². The Morgan fingerprint density at radius 3 is 2.58 bits per heavy atom. The third-order valence-electron chi connectivity index (χ3n) is 2.54. The Labute approximate surface area is 111 Å². The van der Waals surface area contributed by atoms with Gasteiger partial charge in [0, 0.05) is 12.6 Å². The Morgan fingerprint density at radius 1 is 1.42 bits per heavy atom. The average Bonchev–Trinajstić information content (AvgIpc) is 2.38. The number of nitriles is 1. The first-order valence-corrected chi connectivity index (χ1v) is 5.85. The summed E-state index contributed by atoms with van der Waals surface area (Å²) in [7, 11) is 0. The lowest BCUT2D eigenvalue weighted by Gasteiger charge is -2.25. The molecule has 0 aromatic carbocycles. The molecule has 1 heterocycles. The molecule has 0 unspecified atom stereocenters. The van der Waals surface area contributed by atoms with Crippen LogP contribution in [0.1, 0.15) is 41.2 Å². The predicted octanol–water partition coefficient (Wildman–Crippen LogP) is 1.54. The number of aromatic nitrogens is 1. The molecule has 0 aliphatic rings. The lowest BCUT2D eigenvalue weighted by molar-refractivity contribution is 0.0688. The molecule has 6 heteroatoms. The van der Waals surface area contributed by atoms with Crippen LogP contribution in [0.25, 0.3) is 0 Å². The summed E-state index contributed by atoms with van der Waals surface area (Å²) in [6.45, 7) is 3.96. The number of carboxylic acids is 1. The van der Waals surface area contributed by atoms with Gasteiger partial charge in [0.1, 0.15) is 11.4 Å². The highest BCUT2D eigenvalue weighted by Gasteiger charge is 2.20. The molecule has 0 radical (unpaired) electrons. The van der Waals surface area contributed by atoms with E-state index in [9.17, 15) is 9.59 Å². The van der Waals surface area contributed by atoms with Crippen molar-refractivity contribution in [1.82, 2.24) is 9.88 Å². The van der Waals surface area contributed by atoms with Crippen LogP contribution < -0.4 is 0 Å². The van der Waals surface area contributed by atoms with Gasteiger partial charge in [0.15, 0.2) is 0 Å². The quantitative estimate of drug-likeness (QED) is 0.867. The van der Waals surface area contributed by atoms with Gasteiger partial charge in [0.2, 0.25) is 0 Å². The van der Waals surface area contributed by atoms with Gasteiger partial charge >= 0.3 is 5.97 Å². The molecule has 1 aromatic heterocycles. The van der Waals surface area contributed by atoms with Gasteiger partial charge in [-0.2, -0.15) is 5.26 Å². The molecule has 1 aromatic rings. The number of hydrogen-bond acceptors (Lipinski definition) is 4. The number of amides is 1. The van der Waals surface area contributed by atoms with E-state index in [-0.39, 0.29) is 29.8 Å². The van der Waals surface area contributed by atoms with Gasteiger partial charge < -0.3 is 10.0 Å². The largest absolute Gasteiger partial charge is 0.477 e. The first kappa shape index (κ1) is 14.6. The maximum absolute atomic E-state index is 12.2. The summed E-state index contributed by atoms with van der Waals surface area (Å²) in [4.78, 5) is 28.4. The molecule has 1 amide bonds. The highest BCUT2D eigenvalue weighted by molar-refractivity contribution is 5.94. The maximum atomic E-state index is 12.2. The van der Waals surface area contributed by atoms with E-state index in [2.05, 4.69) is 4.98 Å². The second-order valence-corrected chi connectivity index (χ2v) is 4.21. The molecule has 0 bridgehead atoms. The van der Waals surface area contributed by atoms with Crippen LogP contribution in [0.5, 0.6) is 0 Å². The number of rotatable bonds is 5. The van der Waals surface area contributed by atoms with Gasteiger partial charge in [-0.15, -0.1) is 0 Å². The van der Waals surface area contributed by atoms with Crippen molar-refractivity contribution in [2.75, 3.05) is 6.54 Å². The van der Waals surface area contributed by atoms with Crippen LogP contribution in [0.2, 0.25) is 0 Å². The summed E-state index contributed by atoms with van der Waals surface area (Å²) in [6, 6.07) is 6.17. The summed E-state index contributed by atoms with van der Waals surface area (Å²) in [6.07, 6.45) is 0.225. The fourth-order valence-electron chi connectivity index (χ4n) is 1.58. The van der Waals surface area contributed by atoms with Gasteiger partial charge in [-0.25, -0.2) is 9.78 Å². The van der Waals surface area contributed by atoms with E-state index in [1.54, 1.807) is 0 Å². The van der Waals surface area contributed by atoms with Gasteiger partial charge in [0.05, 0.1) is 12.5 Å². The Hall–Kier alpha value is -2.42. The number of pyridine rings is 1. The lowest BCUT2D eigenvalue weighted by atomic mass is 10.2. The zero-order valence-electron chi connectivity index (χ0n) is 10.8. The molecular weight excluding hydrogens is 246 g/mol. The predicted molar refractivity (Wildman–Crippen MR) is 67.6 cm³/mol. The number of aromatic carboxylic acids is 1. The van der Waals surface area contributed by atoms with E-state index < -0.39 is 5.97 Å². The van der Waals surface area contributed by atoms with Crippen LogP contribution in [0, 0.1) is 11.3 Å². The van der Waals surface area contributed by atoms with E-state index in [0.717, 1.165) is 0 Å². The van der Waals surface area contributed by atoms with Gasteiger partial charge in [-0.05, 0) is 26.0 Å². The van der Waals surface area contributed by atoms with Crippen LogP contribution >= 0.6 is 0 Å². The van der Waals surface area contributed by atoms with Crippen molar-refractivity contribution < 1.29 is 14.7 Å². The van der Waals surface area contributed by atoms with Crippen molar-refractivity contribution in [1.29, 1.82) is 5.26 Å². The molecule has 0 aliphatic carbocycles. The third-order valence-corrected chi connectivity index (χ3v) is 2.54. The molecule has 1 N–H and O–H groups in total. The number of carbonyl (C=O) groups excluding carboxylic acids is 1. The second-order valence-electron chi connectivity index (χ2n) is 4.21. The third kappa shape index (κ3) is 3.78. The summed E-state index contributed by atoms with van der Waals surface area (Å²) in [5, 5.41) is 17.4. The van der Waals surface area contributed by atoms with Crippen molar-refractivity contribution in [3.05, 3.63) is 29.6 Å². The van der Waals surface area contributed by atoms with Crippen molar-refractivity contribution in [3.8, 4) is 6.07 Å². The number of nitrogens with zero attached hydrogens (tertiary/aromatic N) is 3. The van der Waals surface area contributed by atoms with E-state index in [0.29, 0.717) is 6.54 Å². The average molecular weight is 261 g/mol. The molecule has 100 valence electrons. The highest BCUT2D eigenvalue weighted by atomic mass is 16.4. The van der Waals surface area contributed by atoms with Crippen molar-refractivity contribution >= 4 is 11.9 Å². The summed E-state index contributed by atoms with van der Waals surface area (Å²) in [5.74, 6) is -1.55. The second kappa shape index (κ2) is 6.50. The molecule has 0 saturated heterocycles. The first-order valence-electron chi connectivity index (χ1n) is 5.85. The topological polar surface area (TPSA) is 94.3 Å². The minimum Gasteiger partial charge on any atom is -0.477 e. The molecular formula is C13H15N3O3. The molecule has 6 nitrogen and oxygen atoms in total. The SMILES string of the molecule is CC(C)N(CCC#N)C(=O)c1cccc(C(=O)O)n1. The normalized spacial score (nSPS) is 10.0. The Bertz CT molecular complexity index is 520. The minimum absolute atomic E-state index is 0.0755. The fraction of sp³-hybridized carbons (Fsp3) is 0.385. The monoisotopic (exact) mass is 261 g/mol. The van der Waals surface area contributed by atoms with Crippen LogP contribution in [0.4, 0.5) is 0 Å². The Morgan fingerprint density at radius 2 is 2.05 bits per heavy atom. The van der Waals surface area contributed by atoms with Crippen LogP contribution in [0.15, 0.2) is 18.2 Å². The van der Waals surface area contributed by atoms with Crippen LogP contribution in [0.3, 0.4) is 0 Å². The molecule has 0 aliphatic heterocycles.